The molecule has 0 saturated heterocycles. The molecule has 0 fully saturated rings. The van der Waals surface area contributed by atoms with E-state index in [1.807, 2.05) is 52.0 Å². The predicted octanol–water partition coefficient (Wildman–Crippen LogP) is 3.73. The molecule has 1 unspecified atom stereocenters. The van der Waals surface area contributed by atoms with Crippen LogP contribution in [0.3, 0.4) is 0 Å². The Labute approximate surface area is 192 Å². The van der Waals surface area contributed by atoms with Gasteiger partial charge in [-0.2, -0.15) is 5.10 Å². The molecule has 1 aliphatic heterocycles. The minimum absolute atomic E-state index is 0.107. The van der Waals surface area contributed by atoms with Crippen molar-refractivity contribution in [2.45, 2.75) is 33.7 Å². The van der Waals surface area contributed by atoms with Crippen LogP contribution in [0, 0.1) is 13.8 Å². The van der Waals surface area contributed by atoms with Crippen molar-refractivity contribution in [3.63, 3.8) is 0 Å². The molecule has 4 rings (SSSR count). The minimum Gasteiger partial charge on any atom is -0.507 e. The van der Waals surface area contributed by atoms with Crippen LogP contribution in [0.2, 0.25) is 0 Å². The summed E-state index contributed by atoms with van der Waals surface area (Å²) in [6.07, 6.45) is 0. The van der Waals surface area contributed by atoms with Crippen molar-refractivity contribution in [2.24, 2.45) is 0 Å². The number of carbonyl (C=O) groups is 1. The Morgan fingerprint density at radius 2 is 1.82 bits per heavy atom. The number of hydrogen-bond donors (Lipinski definition) is 3. The summed E-state index contributed by atoms with van der Waals surface area (Å²) < 4.78 is 11.5. The quantitative estimate of drug-likeness (QED) is 0.482. The molecule has 1 atom stereocenters. The normalized spacial score (nSPS) is 15.1. The molecule has 1 amide bonds. The van der Waals surface area contributed by atoms with Crippen LogP contribution in [0.5, 0.6) is 17.2 Å². The summed E-state index contributed by atoms with van der Waals surface area (Å²) in [4.78, 5) is 14.9. The molecule has 174 valence electrons. The average Bonchev–Trinajstić information content (AvgIpc) is 3.29. The number of fused-ring (bicyclic) bond motifs is 1. The SMILES string of the molecule is CCOc1ccc(C2c3c(-c4c(C)cc(C)cc4O)n[nH]c3C(=O)N2CCO)cc1OCC. The number of aliphatic hydroxyl groups excluding tert-OH is 1. The first-order valence-corrected chi connectivity index (χ1v) is 11.1. The van der Waals surface area contributed by atoms with E-state index < -0.39 is 6.04 Å². The summed E-state index contributed by atoms with van der Waals surface area (Å²) in [5, 5.41) is 27.7. The lowest BCUT2D eigenvalue weighted by atomic mass is 9.93. The van der Waals surface area contributed by atoms with Crippen molar-refractivity contribution >= 4 is 5.91 Å². The largest absolute Gasteiger partial charge is 0.507 e. The Bertz CT molecular complexity index is 1160. The first-order valence-electron chi connectivity index (χ1n) is 11.1. The van der Waals surface area contributed by atoms with Crippen molar-refractivity contribution in [1.29, 1.82) is 0 Å². The fourth-order valence-electron chi connectivity index (χ4n) is 4.56. The first-order chi connectivity index (χ1) is 15.9. The fraction of sp³-hybridized carbons (Fsp3) is 0.360. The molecule has 33 heavy (non-hydrogen) atoms. The number of ether oxygens (including phenoxy) is 2. The van der Waals surface area contributed by atoms with E-state index in [4.69, 9.17) is 9.47 Å². The van der Waals surface area contributed by atoms with Gasteiger partial charge in [0.25, 0.3) is 5.91 Å². The Balaban J connectivity index is 1.91. The number of aromatic amines is 1. The van der Waals surface area contributed by atoms with Gasteiger partial charge in [0.1, 0.15) is 17.1 Å². The number of amides is 1. The highest BCUT2D eigenvalue weighted by Crippen LogP contribution is 2.46. The zero-order valence-corrected chi connectivity index (χ0v) is 19.3. The number of carbonyl (C=O) groups excluding carboxylic acids is 1. The van der Waals surface area contributed by atoms with Crippen molar-refractivity contribution in [2.75, 3.05) is 26.4 Å². The number of hydrogen-bond acceptors (Lipinski definition) is 6. The number of rotatable bonds is 8. The molecule has 2 aromatic carbocycles. The molecule has 3 N–H and O–H groups in total. The molecule has 0 saturated carbocycles. The number of benzene rings is 2. The monoisotopic (exact) mass is 451 g/mol. The maximum atomic E-state index is 13.2. The first kappa shape index (κ1) is 22.7. The van der Waals surface area contributed by atoms with Gasteiger partial charge in [-0.3, -0.25) is 9.89 Å². The van der Waals surface area contributed by atoms with Crippen LogP contribution >= 0.6 is 0 Å². The Hall–Kier alpha value is -3.52. The molecule has 0 aliphatic carbocycles. The van der Waals surface area contributed by atoms with Gasteiger partial charge in [-0.15, -0.1) is 0 Å². The number of nitrogens with zero attached hydrogens (tertiary/aromatic N) is 2. The second-order valence-electron chi connectivity index (χ2n) is 8.03. The van der Waals surface area contributed by atoms with Gasteiger partial charge in [0.15, 0.2) is 11.5 Å². The van der Waals surface area contributed by atoms with Gasteiger partial charge in [0.05, 0.1) is 25.9 Å². The van der Waals surface area contributed by atoms with Crippen LogP contribution in [0.1, 0.15) is 52.6 Å². The van der Waals surface area contributed by atoms with Crippen molar-refractivity contribution in [3.8, 4) is 28.5 Å². The number of aryl methyl sites for hydroxylation is 2. The van der Waals surface area contributed by atoms with Gasteiger partial charge in [0, 0.05) is 17.7 Å². The van der Waals surface area contributed by atoms with Gasteiger partial charge in [0.2, 0.25) is 0 Å². The van der Waals surface area contributed by atoms with Gasteiger partial charge in [-0.25, -0.2) is 0 Å². The zero-order valence-electron chi connectivity index (χ0n) is 19.3. The number of H-pyrrole nitrogens is 1. The molecule has 0 bridgehead atoms. The summed E-state index contributed by atoms with van der Waals surface area (Å²) in [5.41, 5.74) is 4.72. The average molecular weight is 452 g/mol. The lowest BCUT2D eigenvalue weighted by molar-refractivity contribution is 0.0706. The summed E-state index contributed by atoms with van der Waals surface area (Å²) in [6.45, 7) is 8.56. The van der Waals surface area contributed by atoms with Crippen LogP contribution in [-0.4, -0.2) is 57.6 Å². The highest BCUT2D eigenvalue weighted by molar-refractivity contribution is 6.00. The van der Waals surface area contributed by atoms with Gasteiger partial charge < -0.3 is 24.6 Å². The summed E-state index contributed by atoms with van der Waals surface area (Å²) in [5.74, 6) is 1.07. The van der Waals surface area contributed by atoms with E-state index in [2.05, 4.69) is 10.2 Å². The van der Waals surface area contributed by atoms with E-state index in [-0.39, 0.29) is 24.8 Å². The number of nitrogens with one attached hydrogen (secondary N) is 1. The van der Waals surface area contributed by atoms with Crippen molar-refractivity contribution in [1.82, 2.24) is 15.1 Å². The van der Waals surface area contributed by atoms with Crippen molar-refractivity contribution < 1.29 is 24.5 Å². The zero-order chi connectivity index (χ0) is 23.7. The van der Waals surface area contributed by atoms with E-state index in [1.165, 1.54) is 0 Å². The molecule has 2 heterocycles. The molecule has 8 heteroatoms. The molecule has 8 nitrogen and oxygen atoms in total. The highest BCUT2D eigenvalue weighted by Gasteiger charge is 2.42. The number of phenolic OH excluding ortho intramolecular Hbond substituents is 1. The second kappa shape index (κ2) is 9.15. The Kier molecular flexibility index (Phi) is 6.29. The molecule has 3 aromatic rings. The minimum atomic E-state index is -0.511. The Morgan fingerprint density at radius 1 is 1.09 bits per heavy atom. The molecule has 0 spiro atoms. The smallest absolute Gasteiger partial charge is 0.273 e. The van der Waals surface area contributed by atoms with E-state index in [0.29, 0.717) is 47.2 Å². The molecule has 0 radical (unpaired) electrons. The fourth-order valence-corrected chi connectivity index (χ4v) is 4.56. The van der Waals surface area contributed by atoms with E-state index in [1.54, 1.807) is 11.0 Å². The number of aliphatic hydroxyl groups is 1. The lowest BCUT2D eigenvalue weighted by Gasteiger charge is -2.26. The summed E-state index contributed by atoms with van der Waals surface area (Å²) in [7, 11) is 0. The third-order valence-electron chi connectivity index (χ3n) is 5.78. The van der Waals surface area contributed by atoms with Gasteiger partial charge >= 0.3 is 0 Å². The number of phenols is 1. The summed E-state index contributed by atoms with van der Waals surface area (Å²) in [6, 6.07) is 8.73. The van der Waals surface area contributed by atoms with Crippen LogP contribution < -0.4 is 9.47 Å². The van der Waals surface area contributed by atoms with Gasteiger partial charge in [-0.1, -0.05) is 12.1 Å². The number of aromatic hydroxyl groups is 1. The van der Waals surface area contributed by atoms with E-state index >= 15 is 0 Å². The molecular weight excluding hydrogens is 422 g/mol. The third-order valence-corrected chi connectivity index (χ3v) is 5.78. The maximum absolute atomic E-state index is 13.2. The summed E-state index contributed by atoms with van der Waals surface area (Å²) >= 11 is 0. The van der Waals surface area contributed by atoms with Crippen LogP contribution in [0.15, 0.2) is 30.3 Å². The predicted molar refractivity (Wildman–Crippen MR) is 124 cm³/mol. The Morgan fingerprint density at radius 3 is 2.48 bits per heavy atom. The molecule has 1 aliphatic rings. The topological polar surface area (TPSA) is 108 Å². The highest BCUT2D eigenvalue weighted by atomic mass is 16.5. The number of aromatic nitrogens is 2. The second-order valence-corrected chi connectivity index (χ2v) is 8.03. The van der Waals surface area contributed by atoms with Crippen LogP contribution in [0.4, 0.5) is 0 Å². The van der Waals surface area contributed by atoms with Crippen LogP contribution in [0.25, 0.3) is 11.3 Å². The van der Waals surface area contributed by atoms with Crippen LogP contribution in [-0.2, 0) is 0 Å². The number of β-amino-alcohol motifs (C(OH)–C–C–N with tert-alkyl or cyclic N) is 1. The van der Waals surface area contributed by atoms with Gasteiger partial charge in [-0.05, 0) is 62.6 Å². The molecule has 1 aromatic heterocycles. The van der Waals surface area contributed by atoms with E-state index in [0.717, 1.165) is 16.7 Å². The standard InChI is InChI=1S/C25H29N3O5/c1-5-32-18-8-7-16(13-19(18)33-6-2)24-21-22(20-15(4)11-14(3)12-17(20)30)26-27-23(21)25(31)28(24)9-10-29/h7-8,11-13,24,29-30H,5-6,9-10H2,1-4H3,(H,26,27). The maximum Gasteiger partial charge on any atom is 0.273 e. The van der Waals surface area contributed by atoms with E-state index in [9.17, 15) is 15.0 Å². The molecular formula is C25H29N3O5. The lowest BCUT2D eigenvalue weighted by Crippen LogP contribution is -2.32. The van der Waals surface area contributed by atoms with Crippen molar-refractivity contribution in [3.05, 3.63) is 58.3 Å². The third kappa shape index (κ3) is 3.91.